The highest BCUT2D eigenvalue weighted by molar-refractivity contribution is 7.98. The van der Waals surface area contributed by atoms with Crippen molar-refractivity contribution in [3.8, 4) is 11.5 Å². The molecule has 0 bridgehead atoms. The van der Waals surface area contributed by atoms with Crippen molar-refractivity contribution < 1.29 is 4.42 Å². The third-order valence-electron chi connectivity index (χ3n) is 3.59. The molecular weight excluding hydrogens is 348 g/mol. The summed E-state index contributed by atoms with van der Waals surface area (Å²) in [5.74, 6) is 2.04. The van der Waals surface area contributed by atoms with Crippen LogP contribution in [0.2, 0.25) is 0 Å². The molecule has 0 saturated carbocycles. The molecule has 0 spiro atoms. The Morgan fingerprint density at radius 1 is 0.962 bits per heavy atom. The summed E-state index contributed by atoms with van der Waals surface area (Å²) in [5, 5.41) is 9.24. The molecular formula is C18H22N6OS. The van der Waals surface area contributed by atoms with Gasteiger partial charge in [-0.25, -0.2) is 4.98 Å². The fraction of sp³-hybridized carbons (Fsp3) is 0.389. The van der Waals surface area contributed by atoms with E-state index >= 15 is 0 Å². The lowest BCUT2D eigenvalue weighted by Gasteiger charge is -2.13. The van der Waals surface area contributed by atoms with Crippen LogP contribution in [0.1, 0.15) is 36.7 Å². The topological polar surface area (TPSA) is 80.8 Å². The highest BCUT2D eigenvalue weighted by atomic mass is 32.2. The minimum Gasteiger partial charge on any atom is -0.411 e. The van der Waals surface area contributed by atoms with Gasteiger partial charge in [-0.1, -0.05) is 31.0 Å². The Balaban J connectivity index is 1.89. The summed E-state index contributed by atoms with van der Waals surface area (Å²) < 4.78 is 5.81. The highest BCUT2D eigenvalue weighted by Crippen LogP contribution is 2.29. The van der Waals surface area contributed by atoms with Gasteiger partial charge in [0.25, 0.3) is 5.22 Å². The summed E-state index contributed by atoms with van der Waals surface area (Å²) in [6.07, 6.45) is 0. The van der Waals surface area contributed by atoms with Crippen LogP contribution in [-0.4, -0.2) is 39.2 Å². The zero-order chi connectivity index (χ0) is 18.8. The van der Waals surface area contributed by atoms with E-state index in [9.17, 15) is 0 Å². The lowest BCUT2D eigenvalue weighted by Crippen LogP contribution is -2.15. The van der Waals surface area contributed by atoms with Crippen molar-refractivity contribution in [1.82, 2.24) is 25.1 Å². The molecule has 3 rings (SSSR count). The number of hydrogen-bond acceptors (Lipinski definition) is 8. The lowest BCUT2D eigenvalue weighted by molar-refractivity contribution is 0.465. The molecule has 1 aromatic carbocycles. The maximum atomic E-state index is 5.81. The van der Waals surface area contributed by atoms with E-state index in [1.807, 2.05) is 58.8 Å². The predicted molar refractivity (Wildman–Crippen MR) is 102 cm³/mol. The first kappa shape index (κ1) is 18.3. The van der Waals surface area contributed by atoms with E-state index in [4.69, 9.17) is 4.42 Å². The van der Waals surface area contributed by atoms with Crippen molar-refractivity contribution in [1.29, 1.82) is 0 Å². The van der Waals surface area contributed by atoms with E-state index in [0.29, 0.717) is 22.2 Å². The molecule has 0 unspecified atom stereocenters. The molecule has 2 heterocycles. The van der Waals surface area contributed by atoms with Gasteiger partial charge in [0, 0.05) is 37.3 Å². The number of nitrogens with zero attached hydrogens (tertiary/aromatic N) is 6. The molecule has 0 radical (unpaired) electrons. The van der Waals surface area contributed by atoms with Gasteiger partial charge < -0.3 is 9.32 Å². The van der Waals surface area contributed by atoms with Crippen LogP contribution in [0.15, 0.2) is 33.0 Å². The molecule has 0 atom stereocenters. The van der Waals surface area contributed by atoms with Crippen molar-refractivity contribution in [3.05, 3.63) is 35.2 Å². The molecule has 0 aliphatic carbocycles. The van der Waals surface area contributed by atoms with Crippen molar-refractivity contribution in [2.75, 3.05) is 19.0 Å². The van der Waals surface area contributed by atoms with Crippen molar-refractivity contribution in [2.24, 2.45) is 0 Å². The average Bonchev–Trinajstić information content (AvgIpc) is 3.02. The number of hydrogen-bond donors (Lipinski definition) is 0. The average molecular weight is 370 g/mol. The first-order valence-corrected chi connectivity index (χ1v) is 9.17. The van der Waals surface area contributed by atoms with Crippen LogP contribution in [0.25, 0.3) is 11.5 Å². The molecule has 26 heavy (non-hydrogen) atoms. The maximum absolute atomic E-state index is 5.81. The Kier molecular flexibility index (Phi) is 5.22. The van der Waals surface area contributed by atoms with E-state index < -0.39 is 0 Å². The summed E-state index contributed by atoms with van der Waals surface area (Å²) in [6.45, 7) is 8.19. The van der Waals surface area contributed by atoms with E-state index in [2.05, 4.69) is 31.2 Å². The standard InChI is InChI=1S/C18H22N6OS/c1-10(2)14-19-16(24(5)6)21-17(20-14)26-18-23-22-15(25-18)13-8-11(3)7-12(4)9-13/h7-10H,1-6H3. The fourth-order valence-corrected chi connectivity index (χ4v) is 3.03. The van der Waals surface area contributed by atoms with Crippen LogP contribution in [-0.2, 0) is 0 Å². The summed E-state index contributed by atoms with van der Waals surface area (Å²) in [7, 11) is 3.80. The van der Waals surface area contributed by atoms with Crippen LogP contribution in [0, 0.1) is 13.8 Å². The van der Waals surface area contributed by atoms with Crippen molar-refractivity contribution in [2.45, 2.75) is 44.0 Å². The molecule has 0 saturated heterocycles. The molecule has 0 N–H and O–H groups in total. The summed E-state index contributed by atoms with van der Waals surface area (Å²) in [5.41, 5.74) is 3.22. The molecule has 0 aliphatic rings. The first-order valence-electron chi connectivity index (χ1n) is 8.35. The van der Waals surface area contributed by atoms with Crippen molar-refractivity contribution in [3.63, 3.8) is 0 Å². The van der Waals surface area contributed by atoms with Crippen LogP contribution in [0.3, 0.4) is 0 Å². The van der Waals surface area contributed by atoms with E-state index in [-0.39, 0.29) is 5.92 Å². The quantitative estimate of drug-likeness (QED) is 0.669. The molecule has 8 heteroatoms. The van der Waals surface area contributed by atoms with E-state index in [0.717, 1.165) is 22.5 Å². The van der Waals surface area contributed by atoms with Gasteiger partial charge in [0.1, 0.15) is 5.82 Å². The molecule has 3 aromatic rings. The third kappa shape index (κ3) is 4.19. The molecule has 136 valence electrons. The van der Waals surface area contributed by atoms with E-state index in [1.165, 1.54) is 11.8 Å². The second kappa shape index (κ2) is 7.41. The van der Waals surface area contributed by atoms with Gasteiger partial charge in [-0.3, -0.25) is 0 Å². The van der Waals surface area contributed by atoms with E-state index in [1.54, 1.807) is 0 Å². The lowest BCUT2D eigenvalue weighted by atomic mass is 10.1. The van der Waals surface area contributed by atoms with Gasteiger partial charge in [-0.05, 0) is 26.0 Å². The van der Waals surface area contributed by atoms with Crippen molar-refractivity contribution >= 4 is 17.7 Å². The van der Waals surface area contributed by atoms with Gasteiger partial charge in [0.05, 0.1) is 0 Å². The zero-order valence-electron chi connectivity index (χ0n) is 15.8. The largest absolute Gasteiger partial charge is 0.411 e. The highest BCUT2D eigenvalue weighted by Gasteiger charge is 2.16. The Bertz CT molecular complexity index is 875. The summed E-state index contributed by atoms with van der Waals surface area (Å²) in [4.78, 5) is 15.3. The maximum Gasteiger partial charge on any atom is 0.284 e. The molecule has 7 nitrogen and oxygen atoms in total. The summed E-state index contributed by atoms with van der Waals surface area (Å²) in [6, 6.07) is 6.16. The minimum atomic E-state index is 0.199. The second-order valence-electron chi connectivity index (χ2n) is 6.68. The van der Waals surface area contributed by atoms with Crippen LogP contribution in [0.4, 0.5) is 5.95 Å². The number of aryl methyl sites for hydroxylation is 2. The molecule has 0 fully saturated rings. The molecule has 0 aliphatic heterocycles. The Hall–Kier alpha value is -2.48. The van der Waals surface area contributed by atoms with Gasteiger partial charge in [0.2, 0.25) is 17.0 Å². The summed E-state index contributed by atoms with van der Waals surface area (Å²) >= 11 is 1.25. The van der Waals surface area contributed by atoms with Crippen LogP contribution >= 0.6 is 11.8 Å². The predicted octanol–water partition coefficient (Wildman–Crippen LogP) is 3.88. The van der Waals surface area contributed by atoms with Crippen LogP contribution < -0.4 is 4.90 Å². The fourth-order valence-electron chi connectivity index (χ4n) is 2.41. The van der Waals surface area contributed by atoms with Gasteiger partial charge >= 0.3 is 0 Å². The normalized spacial score (nSPS) is 11.2. The number of aromatic nitrogens is 5. The first-order chi connectivity index (χ1) is 12.3. The SMILES string of the molecule is Cc1cc(C)cc(-c2nnc(Sc3nc(C(C)C)nc(N(C)C)n3)o2)c1. The number of benzene rings is 1. The smallest absolute Gasteiger partial charge is 0.284 e. The van der Waals surface area contributed by atoms with Gasteiger partial charge in [-0.15, -0.1) is 10.2 Å². The Labute approximate surface area is 157 Å². The Morgan fingerprint density at radius 2 is 1.65 bits per heavy atom. The minimum absolute atomic E-state index is 0.199. The van der Waals surface area contributed by atoms with Crippen LogP contribution in [0.5, 0.6) is 0 Å². The molecule has 0 amide bonds. The number of rotatable bonds is 5. The van der Waals surface area contributed by atoms with Gasteiger partial charge in [0.15, 0.2) is 0 Å². The molecule has 2 aromatic heterocycles. The second-order valence-corrected chi connectivity index (χ2v) is 7.60. The Morgan fingerprint density at radius 3 is 2.27 bits per heavy atom. The third-order valence-corrected chi connectivity index (χ3v) is 4.30. The zero-order valence-corrected chi connectivity index (χ0v) is 16.6. The van der Waals surface area contributed by atoms with Gasteiger partial charge in [-0.2, -0.15) is 9.97 Å². The monoisotopic (exact) mass is 370 g/mol. The number of anilines is 1.